The van der Waals surface area contributed by atoms with Crippen molar-refractivity contribution in [2.24, 2.45) is 0 Å². The summed E-state index contributed by atoms with van der Waals surface area (Å²) < 4.78 is 15.3. The van der Waals surface area contributed by atoms with Crippen LogP contribution in [-0.2, 0) is 11.2 Å². The van der Waals surface area contributed by atoms with Crippen LogP contribution in [0.5, 0.6) is 11.5 Å². The topological polar surface area (TPSA) is 47.9 Å². The molecule has 0 heterocycles. The first-order valence-electron chi connectivity index (χ1n) is 4.71. The Bertz CT molecular complexity index is 299. The second kappa shape index (κ2) is 6.27. The van der Waals surface area contributed by atoms with Gasteiger partial charge in [0.15, 0.2) is 6.79 Å². The van der Waals surface area contributed by atoms with Gasteiger partial charge < -0.3 is 19.3 Å². The van der Waals surface area contributed by atoms with E-state index in [1.54, 1.807) is 14.2 Å². The molecule has 0 amide bonds. The Morgan fingerprint density at radius 2 is 2.07 bits per heavy atom. The molecule has 4 nitrogen and oxygen atoms in total. The Balaban J connectivity index is 2.82. The summed E-state index contributed by atoms with van der Waals surface area (Å²) in [5, 5.41) is 8.91. The summed E-state index contributed by atoms with van der Waals surface area (Å²) in [7, 11) is 3.17. The van der Waals surface area contributed by atoms with Crippen LogP contribution in [0, 0.1) is 0 Å². The Hall–Kier alpha value is -1.26. The molecule has 4 heteroatoms. The van der Waals surface area contributed by atoms with E-state index in [9.17, 15) is 0 Å². The third kappa shape index (κ3) is 3.42. The van der Waals surface area contributed by atoms with Crippen molar-refractivity contribution in [3.05, 3.63) is 23.8 Å². The molecular weight excluding hydrogens is 196 g/mol. The van der Waals surface area contributed by atoms with Crippen LogP contribution in [0.1, 0.15) is 5.56 Å². The van der Waals surface area contributed by atoms with Gasteiger partial charge in [0.05, 0.1) is 7.11 Å². The fourth-order valence-corrected chi connectivity index (χ4v) is 1.26. The van der Waals surface area contributed by atoms with Gasteiger partial charge in [-0.2, -0.15) is 0 Å². The molecular formula is C11H16O4. The van der Waals surface area contributed by atoms with Gasteiger partial charge in [0.1, 0.15) is 11.5 Å². The molecule has 0 aromatic heterocycles. The van der Waals surface area contributed by atoms with E-state index >= 15 is 0 Å². The number of benzene rings is 1. The van der Waals surface area contributed by atoms with Gasteiger partial charge >= 0.3 is 0 Å². The average Bonchev–Trinajstić information content (AvgIpc) is 2.27. The Morgan fingerprint density at radius 3 is 2.67 bits per heavy atom. The number of rotatable bonds is 6. The van der Waals surface area contributed by atoms with Gasteiger partial charge in [-0.1, -0.05) is 0 Å². The van der Waals surface area contributed by atoms with Crippen LogP contribution in [0.15, 0.2) is 18.2 Å². The summed E-state index contributed by atoms with van der Waals surface area (Å²) >= 11 is 0. The van der Waals surface area contributed by atoms with E-state index in [0.717, 1.165) is 11.3 Å². The molecule has 0 aliphatic carbocycles. The van der Waals surface area contributed by atoms with Crippen LogP contribution in [0.3, 0.4) is 0 Å². The quantitative estimate of drug-likeness (QED) is 0.720. The second-order valence-electron chi connectivity index (χ2n) is 3.00. The standard InChI is InChI=1S/C11H16O4/c1-13-8-15-11-4-3-10(14-2)7-9(11)5-6-12/h3-4,7,12H,5-6,8H2,1-2H3. The minimum absolute atomic E-state index is 0.0799. The van der Waals surface area contributed by atoms with Crippen molar-refractivity contribution < 1.29 is 19.3 Å². The highest BCUT2D eigenvalue weighted by Gasteiger charge is 2.05. The second-order valence-corrected chi connectivity index (χ2v) is 3.00. The van der Waals surface area contributed by atoms with Gasteiger partial charge in [-0.05, 0) is 24.6 Å². The molecule has 0 atom stereocenters. The van der Waals surface area contributed by atoms with Crippen molar-refractivity contribution in [2.75, 3.05) is 27.6 Å². The van der Waals surface area contributed by atoms with Gasteiger partial charge in [-0.25, -0.2) is 0 Å². The molecule has 15 heavy (non-hydrogen) atoms. The highest BCUT2D eigenvalue weighted by Crippen LogP contribution is 2.24. The lowest BCUT2D eigenvalue weighted by molar-refractivity contribution is 0.0502. The number of aliphatic hydroxyl groups excluding tert-OH is 1. The SMILES string of the molecule is COCOc1ccc(OC)cc1CCO. The van der Waals surface area contributed by atoms with Crippen LogP contribution in [-0.4, -0.2) is 32.7 Å². The summed E-state index contributed by atoms with van der Waals surface area (Å²) in [6, 6.07) is 5.47. The lowest BCUT2D eigenvalue weighted by Gasteiger charge is -2.11. The summed E-state index contributed by atoms with van der Waals surface area (Å²) in [6.07, 6.45) is 0.538. The minimum atomic E-state index is 0.0799. The van der Waals surface area contributed by atoms with Crippen molar-refractivity contribution in [1.29, 1.82) is 0 Å². The predicted octanol–water partition coefficient (Wildman–Crippen LogP) is 1.21. The van der Waals surface area contributed by atoms with E-state index in [1.807, 2.05) is 18.2 Å². The molecule has 0 aliphatic heterocycles. The van der Waals surface area contributed by atoms with E-state index in [4.69, 9.17) is 19.3 Å². The number of ether oxygens (including phenoxy) is 3. The summed E-state index contributed by atoms with van der Waals surface area (Å²) in [4.78, 5) is 0. The number of hydrogen-bond acceptors (Lipinski definition) is 4. The van der Waals surface area contributed by atoms with Crippen molar-refractivity contribution >= 4 is 0 Å². The minimum Gasteiger partial charge on any atom is -0.497 e. The molecule has 0 aliphatic rings. The zero-order valence-electron chi connectivity index (χ0n) is 9.03. The summed E-state index contributed by atoms with van der Waals surface area (Å²) in [6.45, 7) is 0.279. The summed E-state index contributed by atoms with van der Waals surface area (Å²) in [5.74, 6) is 1.47. The van der Waals surface area contributed by atoms with Crippen LogP contribution >= 0.6 is 0 Å². The van der Waals surface area contributed by atoms with Crippen molar-refractivity contribution in [3.63, 3.8) is 0 Å². The monoisotopic (exact) mass is 212 g/mol. The molecule has 0 saturated carbocycles. The largest absolute Gasteiger partial charge is 0.497 e. The first kappa shape index (κ1) is 11.8. The molecule has 1 rings (SSSR count). The maximum Gasteiger partial charge on any atom is 0.188 e. The lowest BCUT2D eigenvalue weighted by Crippen LogP contribution is -2.03. The Kier molecular flexibility index (Phi) is 4.93. The van der Waals surface area contributed by atoms with Crippen LogP contribution in [0.2, 0.25) is 0 Å². The van der Waals surface area contributed by atoms with Crippen LogP contribution in [0.4, 0.5) is 0 Å². The van der Waals surface area contributed by atoms with Crippen molar-refractivity contribution in [2.45, 2.75) is 6.42 Å². The molecule has 1 aromatic rings. The number of methoxy groups -OCH3 is 2. The normalized spacial score (nSPS) is 10.1. The van der Waals surface area contributed by atoms with Gasteiger partial charge in [0.2, 0.25) is 0 Å². The zero-order valence-corrected chi connectivity index (χ0v) is 9.03. The van der Waals surface area contributed by atoms with E-state index in [1.165, 1.54) is 0 Å². The highest BCUT2D eigenvalue weighted by molar-refractivity contribution is 5.40. The van der Waals surface area contributed by atoms with Gasteiger partial charge in [0.25, 0.3) is 0 Å². The number of hydrogen-bond donors (Lipinski definition) is 1. The van der Waals surface area contributed by atoms with Gasteiger partial charge in [-0.15, -0.1) is 0 Å². The van der Waals surface area contributed by atoms with E-state index in [2.05, 4.69) is 0 Å². The van der Waals surface area contributed by atoms with Gasteiger partial charge in [0, 0.05) is 19.3 Å². The van der Waals surface area contributed by atoms with E-state index < -0.39 is 0 Å². The third-order valence-corrected chi connectivity index (χ3v) is 1.98. The van der Waals surface area contributed by atoms with Gasteiger partial charge in [-0.3, -0.25) is 0 Å². The van der Waals surface area contributed by atoms with Crippen LogP contribution in [0.25, 0.3) is 0 Å². The molecule has 84 valence electrons. The molecule has 0 fully saturated rings. The molecule has 0 bridgehead atoms. The van der Waals surface area contributed by atoms with E-state index in [-0.39, 0.29) is 13.4 Å². The fraction of sp³-hybridized carbons (Fsp3) is 0.455. The van der Waals surface area contributed by atoms with Crippen molar-refractivity contribution in [1.82, 2.24) is 0 Å². The third-order valence-electron chi connectivity index (χ3n) is 1.98. The van der Waals surface area contributed by atoms with Crippen molar-refractivity contribution in [3.8, 4) is 11.5 Å². The maximum atomic E-state index is 8.91. The summed E-state index contributed by atoms with van der Waals surface area (Å²) in [5.41, 5.74) is 0.911. The first-order chi connectivity index (χ1) is 7.31. The fourth-order valence-electron chi connectivity index (χ4n) is 1.26. The van der Waals surface area contributed by atoms with E-state index in [0.29, 0.717) is 12.2 Å². The first-order valence-corrected chi connectivity index (χ1v) is 4.71. The predicted molar refractivity (Wildman–Crippen MR) is 56.3 cm³/mol. The Labute approximate surface area is 89.4 Å². The Morgan fingerprint density at radius 1 is 1.27 bits per heavy atom. The maximum absolute atomic E-state index is 8.91. The number of aliphatic hydroxyl groups is 1. The average molecular weight is 212 g/mol. The molecule has 0 unspecified atom stereocenters. The highest BCUT2D eigenvalue weighted by atomic mass is 16.7. The molecule has 0 saturated heterocycles. The molecule has 0 radical (unpaired) electrons. The molecule has 1 N–H and O–H groups in total. The molecule has 0 spiro atoms. The van der Waals surface area contributed by atoms with Crippen LogP contribution < -0.4 is 9.47 Å². The zero-order chi connectivity index (χ0) is 11.1. The lowest BCUT2D eigenvalue weighted by atomic mass is 10.1. The molecule has 1 aromatic carbocycles. The smallest absolute Gasteiger partial charge is 0.188 e.